The zero-order chi connectivity index (χ0) is 20.1. The number of carbonyl (C=O) groups excluding carboxylic acids is 1. The topological polar surface area (TPSA) is 23.6 Å². The van der Waals surface area contributed by atoms with Crippen molar-refractivity contribution in [3.8, 4) is 0 Å². The lowest BCUT2D eigenvalue weighted by molar-refractivity contribution is -0.132. The fourth-order valence-electron chi connectivity index (χ4n) is 3.51. The third-order valence-corrected chi connectivity index (χ3v) is 5.90. The van der Waals surface area contributed by atoms with Crippen molar-refractivity contribution in [3.63, 3.8) is 0 Å². The molecule has 0 spiro atoms. The van der Waals surface area contributed by atoms with Crippen molar-refractivity contribution < 1.29 is 13.6 Å². The van der Waals surface area contributed by atoms with E-state index in [0.29, 0.717) is 19.0 Å². The van der Waals surface area contributed by atoms with E-state index < -0.39 is 0 Å². The predicted molar refractivity (Wildman–Crippen MR) is 110 cm³/mol. The Balaban J connectivity index is 1.70. The van der Waals surface area contributed by atoms with Crippen LogP contribution < -0.4 is 0 Å². The Hall–Kier alpha value is -1.92. The minimum Gasteiger partial charge on any atom is -0.325 e. The van der Waals surface area contributed by atoms with Crippen LogP contribution in [0.15, 0.2) is 48.5 Å². The van der Waals surface area contributed by atoms with Crippen molar-refractivity contribution in [2.24, 2.45) is 5.92 Å². The molecule has 0 N–H and O–H groups in total. The minimum atomic E-state index is -0.275. The van der Waals surface area contributed by atoms with Gasteiger partial charge in [0.15, 0.2) is 0 Å². The predicted octanol–water partition coefficient (Wildman–Crippen LogP) is 4.70. The molecule has 0 unspecified atom stereocenters. The van der Waals surface area contributed by atoms with E-state index in [9.17, 15) is 13.6 Å². The van der Waals surface area contributed by atoms with Crippen LogP contribution in [-0.4, -0.2) is 41.1 Å². The number of nitrogens with zero attached hydrogens (tertiary/aromatic N) is 2. The van der Waals surface area contributed by atoms with E-state index in [2.05, 4.69) is 18.7 Å². The van der Waals surface area contributed by atoms with E-state index in [1.807, 2.05) is 11.0 Å². The maximum absolute atomic E-state index is 13.5. The smallest absolute Gasteiger partial charge is 0.237 e. The van der Waals surface area contributed by atoms with Crippen LogP contribution in [0.2, 0.25) is 0 Å². The van der Waals surface area contributed by atoms with Gasteiger partial charge in [0.05, 0.1) is 6.54 Å². The van der Waals surface area contributed by atoms with Crippen molar-refractivity contribution >= 4 is 17.7 Å². The molecule has 150 valence electrons. The van der Waals surface area contributed by atoms with Gasteiger partial charge in [-0.05, 0) is 41.3 Å². The molecular formula is C22H26F2N2OS. The first-order chi connectivity index (χ1) is 13.4. The summed E-state index contributed by atoms with van der Waals surface area (Å²) in [6, 6.07) is 12.9. The summed E-state index contributed by atoms with van der Waals surface area (Å²) in [5.74, 6) is 0.768. The lowest BCUT2D eigenvalue weighted by Crippen LogP contribution is -2.41. The van der Waals surface area contributed by atoms with E-state index in [1.54, 1.807) is 30.0 Å². The van der Waals surface area contributed by atoms with E-state index in [1.165, 1.54) is 24.3 Å². The van der Waals surface area contributed by atoms with Gasteiger partial charge >= 0.3 is 0 Å². The number of benzene rings is 2. The maximum atomic E-state index is 13.5. The number of halogens is 2. The number of hydrogen-bond donors (Lipinski definition) is 0. The average Bonchev–Trinajstić information content (AvgIpc) is 3.11. The Bertz CT molecular complexity index is 797. The standard InChI is InChI=1S/C22H26F2N2OS/c1-16(2)13-25(14-17-4-3-5-20(24)12-17)15-21(27)26-10-11-28-22(26)18-6-8-19(23)9-7-18/h3-9,12,16,22H,10-11,13-15H2,1-2H3/t22-/m0/s1. The Morgan fingerprint density at radius 3 is 2.61 bits per heavy atom. The van der Waals surface area contributed by atoms with Gasteiger partial charge in [0.1, 0.15) is 17.0 Å². The molecule has 3 nitrogen and oxygen atoms in total. The molecule has 0 aromatic heterocycles. The second kappa shape index (κ2) is 9.52. The molecule has 1 amide bonds. The lowest BCUT2D eigenvalue weighted by atomic mass is 10.1. The Morgan fingerprint density at radius 2 is 1.93 bits per heavy atom. The summed E-state index contributed by atoms with van der Waals surface area (Å²) in [7, 11) is 0. The molecule has 2 aromatic carbocycles. The Morgan fingerprint density at radius 1 is 1.18 bits per heavy atom. The molecule has 3 rings (SSSR count). The van der Waals surface area contributed by atoms with Gasteiger partial charge in [-0.25, -0.2) is 8.78 Å². The molecule has 1 aliphatic rings. The molecule has 0 aliphatic carbocycles. The van der Waals surface area contributed by atoms with Gasteiger partial charge in [0, 0.05) is 25.4 Å². The van der Waals surface area contributed by atoms with Gasteiger partial charge in [-0.2, -0.15) is 0 Å². The van der Waals surface area contributed by atoms with Crippen LogP contribution >= 0.6 is 11.8 Å². The summed E-state index contributed by atoms with van der Waals surface area (Å²) in [4.78, 5) is 17.0. The van der Waals surface area contributed by atoms with Crippen LogP contribution in [0, 0.1) is 17.6 Å². The first-order valence-electron chi connectivity index (χ1n) is 9.55. The van der Waals surface area contributed by atoms with E-state index in [0.717, 1.165) is 23.4 Å². The SMILES string of the molecule is CC(C)CN(CC(=O)N1CCS[C@H]1c1ccc(F)cc1)Cc1cccc(F)c1. The van der Waals surface area contributed by atoms with Crippen LogP contribution in [0.25, 0.3) is 0 Å². The normalized spacial score (nSPS) is 16.9. The largest absolute Gasteiger partial charge is 0.325 e. The van der Waals surface area contributed by atoms with E-state index in [-0.39, 0.29) is 29.5 Å². The van der Waals surface area contributed by atoms with Crippen molar-refractivity contribution in [2.75, 3.05) is 25.4 Å². The zero-order valence-corrected chi connectivity index (χ0v) is 17.1. The molecule has 1 saturated heterocycles. The van der Waals surface area contributed by atoms with Gasteiger partial charge in [-0.3, -0.25) is 9.69 Å². The fraction of sp³-hybridized carbons (Fsp3) is 0.409. The highest BCUT2D eigenvalue weighted by Gasteiger charge is 2.31. The number of thioether (sulfide) groups is 1. The molecule has 1 aliphatic heterocycles. The molecule has 1 atom stereocenters. The number of amides is 1. The van der Waals surface area contributed by atoms with E-state index >= 15 is 0 Å². The molecular weight excluding hydrogens is 378 g/mol. The van der Waals surface area contributed by atoms with Gasteiger partial charge in [-0.1, -0.05) is 38.1 Å². The number of carbonyl (C=O) groups is 1. The molecule has 0 radical (unpaired) electrons. The second-order valence-corrected chi connectivity index (χ2v) is 8.74. The highest BCUT2D eigenvalue weighted by atomic mass is 32.2. The van der Waals surface area contributed by atoms with Gasteiger partial charge in [0.2, 0.25) is 5.91 Å². The van der Waals surface area contributed by atoms with Crippen molar-refractivity contribution in [2.45, 2.75) is 25.8 Å². The van der Waals surface area contributed by atoms with Crippen molar-refractivity contribution in [3.05, 3.63) is 71.3 Å². The molecule has 1 heterocycles. The number of rotatable bonds is 7. The fourth-order valence-corrected chi connectivity index (χ4v) is 4.78. The Labute approximate surface area is 169 Å². The molecule has 2 aromatic rings. The second-order valence-electron chi connectivity index (χ2n) is 7.56. The zero-order valence-electron chi connectivity index (χ0n) is 16.3. The summed E-state index contributed by atoms with van der Waals surface area (Å²) < 4.78 is 26.8. The minimum absolute atomic E-state index is 0.0522. The molecule has 0 bridgehead atoms. The third-order valence-electron chi connectivity index (χ3n) is 4.64. The quantitative estimate of drug-likeness (QED) is 0.668. The van der Waals surface area contributed by atoms with Crippen LogP contribution in [0.1, 0.15) is 30.3 Å². The van der Waals surface area contributed by atoms with E-state index in [4.69, 9.17) is 0 Å². The van der Waals surface area contributed by atoms with Gasteiger partial charge in [0.25, 0.3) is 0 Å². The highest BCUT2D eigenvalue weighted by Crippen LogP contribution is 2.38. The van der Waals surface area contributed by atoms with Crippen molar-refractivity contribution in [1.82, 2.24) is 9.80 Å². The lowest BCUT2D eigenvalue weighted by Gasteiger charge is -2.29. The monoisotopic (exact) mass is 404 g/mol. The molecule has 28 heavy (non-hydrogen) atoms. The van der Waals surface area contributed by atoms with Gasteiger partial charge < -0.3 is 4.90 Å². The summed E-state index contributed by atoms with van der Waals surface area (Å²) in [6.45, 7) is 6.47. The van der Waals surface area contributed by atoms with Crippen LogP contribution in [0.3, 0.4) is 0 Å². The first-order valence-corrected chi connectivity index (χ1v) is 10.6. The maximum Gasteiger partial charge on any atom is 0.237 e. The van der Waals surface area contributed by atoms with Crippen molar-refractivity contribution in [1.29, 1.82) is 0 Å². The number of hydrogen-bond acceptors (Lipinski definition) is 3. The van der Waals surface area contributed by atoms with Gasteiger partial charge in [-0.15, -0.1) is 11.8 Å². The first kappa shape index (κ1) is 20.8. The summed E-state index contributed by atoms with van der Waals surface area (Å²) in [5.41, 5.74) is 1.80. The molecule has 6 heteroatoms. The Kier molecular flexibility index (Phi) is 7.08. The van der Waals surface area contributed by atoms with Crippen LogP contribution in [-0.2, 0) is 11.3 Å². The highest BCUT2D eigenvalue weighted by molar-refractivity contribution is 7.99. The summed E-state index contributed by atoms with van der Waals surface area (Å²) in [6.07, 6.45) is 0. The molecule has 1 fully saturated rings. The molecule has 0 saturated carbocycles. The van der Waals surface area contributed by atoms with Crippen LogP contribution in [0.4, 0.5) is 8.78 Å². The van der Waals surface area contributed by atoms with Crippen LogP contribution in [0.5, 0.6) is 0 Å². The summed E-state index contributed by atoms with van der Waals surface area (Å²) in [5, 5.41) is -0.0804. The average molecular weight is 405 g/mol. The summed E-state index contributed by atoms with van der Waals surface area (Å²) >= 11 is 1.70. The third kappa shape index (κ3) is 5.55.